The smallest absolute Gasteiger partial charge is 0.143 e. The predicted molar refractivity (Wildman–Crippen MR) is 114 cm³/mol. The van der Waals surface area contributed by atoms with Gasteiger partial charge < -0.3 is 9.80 Å². The Hall–Kier alpha value is -1.86. The molecule has 4 nitrogen and oxygen atoms in total. The lowest BCUT2D eigenvalue weighted by atomic mass is 9.91. The molecule has 0 bridgehead atoms. The molecule has 3 rings (SSSR count). The number of anilines is 1. The summed E-state index contributed by atoms with van der Waals surface area (Å²) in [5.74, 6) is 0.964. The number of nitriles is 1. The minimum atomic E-state index is -0.0718. The first-order valence-corrected chi connectivity index (χ1v) is 10.5. The van der Waals surface area contributed by atoms with Gasteiger partial charge in [-0.05, 0) is 31.5 Å². The van der Waals surface area contributed by atoms with Crippen molar-refractivity contribution >= 4 is 11.5 Å². The Bertz CT molecular complexity index is 538. The molecule has 0 N–H and O–H groups in total. The number of ketones is 1. The molecule has 27 heavy (non-hydrogen) atoms. The summed E-state index contributed by atoms with van der Waals surface area (Å²) in [6, 6.07) is 12.4. The van der Waals surface area contributed by atoms with Gasteiger partial charge in [-0.25, -0.2) is 0 Å². The largest absolute Gasteiger partial charge is 0.369 e. The third kappa shape index (κ3) is 10.8. The van der Waals surface area contributed by atoms with Crippen LogP contribution >= 0.6 is 0 Å². The molecule has 2 aliphatic rings. The quantitative estimate of drug-likeness (QED) is 0.758. The van der Waals surface area contributed by atoms with Crippen molar-refractivity contribution in [2.75, 3.05) is 37.6 Å². The highest BCUT2D eigenvalue weighted by atomic mass is 16.1. The van der Waals surface area contributed by atoms with Crippen molar-refractivity contribution in [2.45, 2.75) is 59.3 Å². The van der Waals surface area contributed by atoms with Gasteiger partial charge in [-0.2, -0.15) is 5.26 Å². The number of carbonyl (C=O) groups excluding carboxylic acids is 1. The van der Waals surface area contributed by atoms with E-state index in [4.69, 9.17) is 5.26 Å². The number of hydrogen-bond acceptors (Lipinski definition) is 4. The SMILES string of the molecule is CC(=O)CC#N.CC1CCCCC1.CCN1CCN(c2ccccc2)CC1. The van der Waals surface area contributed by atoms with E-state index in [1.54, 1.807) is 6.07 Å². The Morgan fingerprint density at radius 3 is 2.04 bits per heavy atom. The number of nitrogens with zero attached hydrogens (tertiary/aromatic N) is 3. The molecular weight excluding hydrogens is 334 g/mol. The number of hydrogen-bond donors (Lipinski definition) is 0. The van der Waals surface area contributed by atoms with Crippen LogP contribution in [-0.4, -0.2) is 43.4 Å². The van der Waals surface area contributed by atoms with Gasteiger partial charge >= 0.3 is 0 Å². The Morgan fingerprint density at radius 2 is 1.67 bits per heavy atom. The van der Waals surface area contributed by atoms with Crippen molar-refractivity contribution in [1.82, 2.24) is 4.90 Å². The van der Waals surface area contributed by atoms with Gasteiger partial charge in [0.2, 0.25) is 0 Å². The van der Waals surface area contributed by atoms with Crippen LogP contribution in [0.5, 0.6) is 0 Å². The summed E-state index contributed by atoms with van der Waals surface area (Å²) in [5.41, 5.74) is 1.36. The van der Waals surface area contributed by atoms with Crippen LogP contribution in [0.25, 0.3) is 0 Å². The Labute approximate surface area is 166 Å². The van der Waals surface area contributed by atoms with Gasteiger partial charge in [0, 0.05) is 31.9 Å². The third-order valence-corrected chi connectivity index (χ3v) is 5.16. The zero-order valence-electron chi connectivity index (χ0n) is 17.5. The summed E-state index contributed by atoms with van der Waals surface area (Å²) in [6.45, 7) is 11.9. The molecule has 1 aliphatic carbocycles. The van der Waals surface area contributed by atoms with Crippen LogP contribution in [0, 0.1) is 17.2 Å². The van der Waals surface area contributed by atoms with Gasteiger partial charge in [0.1, 0.15) is 5.78 Å². The highest BCUT2D eigenvalue weighted by Gasteiger charge is 2.14. The fraction of sp³-hybridized carbons (Fsp3) is 0.652. The van der Waals surface area contributed by atoms with E-state index in [1.807, 2.05) is 0 Å². The van der Waals surface area contributed by atoms with E-state index in [9.17, 15) is 4.79 Å². The predicted octanol–water partition coefficient (Wildman–Crippen LogP) is 4.90. The molecule has 1 saturated carbocycles. The molecule has 1 saturated heterocycles. The van der Waals surface area contributed by atoms with E-state index >= 15 is 0 Å². The van der Waals surface area contributed by atoms with Crippen molar-refractivity contribution < 1.29 is 4.79 Å². The molecular formula is C23H37N3O. The lowest BCUT2D eigenvalue weighted by Crippen LogP contribution is -2.46. The molecule has 150 valence electrons. The number of carbonyl (C=O) groups is 1. The summed E-state index contributed by atoms with van der Waals surface area (Å²) in [5, 5.41) is 7.77. The molecule has 0 spiro atoms. The van der Waals surface area contributed by atoms with E-state index in [2.05, 4.69) is 54.0 Å². The maximum Gasteiger partial charge on any atom is 0.143 e. The van der Waals surface area contributed by atoms with Gasteiger partial charge in [-0.3, -0.25) is 4.79 Å². The molecule has 1 aromatic carbocycles. The molecule has 1 aromatic rings. The number of rotatable bonds is 3. The fourth-order valence-electron chi connectivity index (χ4n) is 3.38. The van der Waals surface area contributed by atoms with Crippen LogP contribution in [0.1, 0.15) is 59.3 Å². The zero-order chi connectivity index (χ0) is 19.9. The molecule has 0 aromatic heterocycles. The molecule has 0 atom stereocenters. The normalized spacial score (nSPS) is 17.6. The Balaban J connectivity index is 0.000000235. The lowest BCUT2D eigenvalue weighted by Gasteiger charge is -2.35. The minimum absolute atomic E-state index is 0.0417. The second kappa shape index (κ2) is 14.2. The van der Waals surface area contributed by atoms with E-state index < -0.39 is 0 Å². The van der Waals surface area contributed by atoms with Gasteiger partial charge in [0.15, 0.2) is 0 Å². The van der Waals surface area contributed by atoms with Crippen LogP contribution in [0.3, 0.4) is 0 Å². The standard InChI is InChI=1S/C12H18N2.C7H14.C4H5NO/c1-2-13-8-10-14(11-9-13)12-6-4-3-5-7-12;1-7-5-3-2-4-6-7;1-4(6)2-3-5/h3-7H,2,8-11H2,1H3;7H,2-6H2,1H3;2H2,1H3. The van der Waals surface area contributed by atoms with Crippen LogP contribution in [0.4, 0.5) is 5.69 Å². The van der Waals surface area contributed by atoms with Crippen molar-refractivity contribution in [3.05, 3.63) is 30.3 Å². The average molecular weight is 372 g/mol. The first-order chi connectivity index (χ1) is 13.1. The molecule has 4 heteroatoms. The van der Waals surface area contributed by atoms with E-state index in [0.717, 1.165) is 19.0 Å². The van der Waals surface area contributed by atoms with E-state index in [-0.39, 0.29) is 12.2 Å². The second-order valence-corrected chi connectivity index (χ2v) is 7.54. The van der Waals surface area contributed by atoms with Crippen LogP contribution in [-0.2, 0) is 4.79 Å². The number of para-hydroxylation sites is 1. The first kappa shape index (κ1) is 23.2. The van der Waals surface area contributed by atoms with Gasteiger partial charge in [0.25, 0.3) is 0 Å². The number of piperazine rings is 1. The van der Waals surface area contributed by atoms with Crippen LogP contribution < -0.4 is 4.90 Å². The van der Waals surface area contributed by atoms with Gasteiger partial charge in [0.05, 0.1) is 12.5 Å². The molecule has 1 aliphatic heterocycles. The van der Waals surface area contributed by atoms with Crippen molar-refractivity contribution in [1.29, 1.82) is 5.26 Å². The first-order valence-electron chi connectivity index (χ1n) is 10.5. The van der Waals surface area contributed by atoms with Crippen LogP contribution in [0.15, 0.2) is 30.3 Å². The van der Waals surface area contributed by atoms with Crippen LogP contribution in [0.2, 0.25) is 0 Å². The maximum absolute atomic E-state index is 9.82. The monoisotopic (exact) mass is 371 g/mol. The summed E-state index contributed by atoms with van der Waals surface area (Å²) < 4.78 is 0. The third-order valence-electron chi connectivity index (χ3n) is 5.16. The van der Waals surface area contributed by atoms with Crippen molar-refractivity contribution in [3.63, 3.8) is 0 Å². The molecule has 1 heterocycles. The molecule has 2 fully saturated rings. The summed E-state index contributed by atoms with van der Waals surface area (Å²) in [6.07, 6.45) is 7.48. The summed E-state index contributed by atoms with van der Waals surface area (Å²) in [4.78, 5) is 14.8. The fourth-order valence-corrected chi connectivity index (χ4v) is 3.38. The topological polar surface area (TPSA) is 47.3 Å². The molecule has 0 amide bonds. The average Bonchev–Trinajstić information content (AvgIpc) is 2.70. The van der Waals surface area contributed by atoms with E-state index in [0.29, 0.717) is 0 Å². The Morgan fingerprint density at radius 1 is 1.07 bits per heavy atom. The zero-order valence-corrected chi connectivity index (χ0v) is 17.5. The van der Waals surface area contributed by atoms with Gasteiger partial charge in [-0.1, -0.05) is 64.2 Å². The number of likely N-dealkylation sites (N-methyl/N-ethyl adjacent to an activating group) is 1. The van der Waals surface area contributed by atoms with E-state index in [1.165, 1.54) is 64.3 Å². The second-order valence-electron chi connectivity index (χ2n) is 7.54. The van der Waals surface area contributed by atoms with Crippen molar-refractivity contribution in [3.8, 4) is 6.07 Å². The number of benzene rings is 1. The maximum atomic E-state index is 9.82. The summed E-state index contributed by atoms with van der Waals surface area (Å²) in [7, 11) is 0. The summed E-state index contributed by atoms with van der Waals surface area (Å²) >= 11 is 0. The molecule has 0 unspecified atom stereocenters. The number of Topliss-reactive ketones (excluding diaryl/α,β-unsaturated/α-hetero) is 1. The molecule has 0 radical (unpaired) electrons. The highest BCUT2D eigenvalue weighted by molar-refractivity contribution is 5.77. The lowest BCUT2D eigenvalue weighted by molar-refractivity contribution is -0.116. The van der Waals surface area contributed by atoms with Crippen molar-refractivity contribution in [2.24, 2.45) is 5.92 Å². The minimum Gasteiger partial charge on any atom is -0.369 e. The Kier molecular flexibility index (Phi) is 12.2. The highest BCUT2D eigenvalue weighted by Crippen LogP contribution is 2.22. The van der Waals surface area contributed by atoms with Gasteiger partial charge in [-0.15, -0.1) is 0 Å².